The zero-order valence-corrected chi connectivity index (χ0v) is 5.71. The van der Waals surface area contributed by atoms with E-state index in [1.165, 1.54) is 5.54 Å². The van der Waals surface area contributed by atoms with Crippen molar-refractivity contribution in [2.45, 2.75) is 18.7 Å². The van der Waals surface area contributed by atoms with Crippen molar-refractivity contribution in [2.75, 3.05) is 0 Å². The summed E-state index contributed by atoms with van der Waals surface area (Å²) in [4.78, 5) is 0. The Morgan fingerprint density at radius 3 is 2.43 bits per heavy atom. The predicted molar refractivity (Wildman–Crippen MR) is 34.9 cm³/mol. The van der Waals surface area contributed by atoms with E-state index in [1.54, 1.807) is 0 Å². The van der Waals surface area contributed by atoms with Gasteiger partial charge in [-0.2, -0.15) is 0 Å². The lowest BCUT2D eigenvalue weighted by Gasteiger charge is -1.90. The molecule has 0 aliphatic heterocycles. The van der Waals surface area contributed by atoms with Gasteiger partial charge >= 0.3 is 0 Å². The largest absolute Gasteiger partial charge is 0.123 e. The van der Waals surface area contributed by atoms with Crippen LogP contribution >= 0.6 is 23.2 Å². The zero-order valence-electron chi connectivity index (χ0n) is 4.20. The smallest absolute Gasteiger partial charge is 0.0342 e. The number of rotatable bonds is 2. The molecule has 0 N–H and O–H groups in total. The summed E-state index contributed by atoms with van der Waals surface area (Å²) in [6.45, 7) is 1.93. The lowest BCUT2D eigenvalue weighted by Crippen LogP contribution is -1.83. The van der Waals surface area contributed by atoms with Crippen LogP contribution in [0.25, 0.3) is 0 Å². The Morgan fingerprint density at radius 2 is 2.29 bits per heavy atom. The SMILES string of the molecule is CC(Cl)C/C=C/Cl. The number of hydrogen-bond donors (Lipinski definition) is 0. The lowest BCUT2D eigenvalue weighted by atomic mass is 10.3. The first-order chi connectivity index (χ1) is 3.27. The Bertz CT molecular complexity index is 57.1. The molecule has 0 nitrogen and oxygen atoms in total. The molecule has 7 heavy (non-hydrogen) atoms. The van der Waals surface area contributed by atoms with Crippen LogP contribution in [-0.2, 0) is 0 Å². The lowest BCUT2D eigenvalue weighted by molar-refractivity contribution is 0.970. The number of hydrogen-bond acceptors (Lipinski definition) is 0. The van der Waals surface area contributed by atoms with Gasteiger partial charge in [-0.15, -0.1) is 11.6 Å². The van der Waals surface area contributed by atoms with Crippen molar-refractivity contribution in [3.8, 4) is 0 Å². The van der Waals surface area contributed by atoms with Crippen LogP contribution in [0.3, 0.4) is 0 Å². The van der Waals surface area contributed by atoms with Gasteiger partial charge in [-0.25, -0.2) is 0 Å². The number of allylic oxidation sites excluding steroid dienone is 1. The van der Waals surface area contributed by atoms with Gasteiger partial charge in [-0.3, -0.25) is 0 Å². The van der Waals surface area contributed by atoms with E-state index in [-0.39, 0.29) is 5.38 Å². The molecule has 0 aliphatic rings. The van der Waals surface area contributed by atoms with Crippen LogP contribution in [0, 0.1) is 0 Å². The van der Waals surface area contributed by atoms with Crippen LogP contribution < -0.4 is 0 Å². The van der Waals surface area contributed by atoms with E-state index in [1.807, 2.05) is 13.0 Å². The summed E-state index contributed by atoms with van der Waals surface area (Å²) in [6, 6.07) is 0. The molecule has 42 valence electrons. The van der Waals surface area contributed by atoms with Gasteiger partial charge < -0.3 is 0 Å². The van der Waals surface area contributed by atoms with Gasteiger partial charge in [0, 0.05) is 10.9 Å². The fraction of sp³-hybridized carbons (Fsp3) is 0.600. The van der Waals surface area contributed by atoms with Crippen molar-refractivity contribution in [3.63, 3.8) is 0 Å². The summed E-state index contributed by atoms with van der Waals surface area (Å²) in [5.41, 5.74) is 1.48. The van der Waals surface area contributed by atoms with Crippen LogP contribution in [0.4, 0.5) is 0 Å². The standard InChI is InChI=1S/C5H8Cl2/c1-5(7)3-2-4-6/h2,4-5H,3H2,1H3/b4-2+. The molecule has 0 saturated heterocycles. The van der Waals surface area contributed by atoms with Crippen molar-refractivity contribution in [2.24, 2.45) is 0 Å². The fourth-order valence-electron chi connectivity index (χ4n) is 0.239. The van der Waals surface area contributed by atoms with E-state index in [0.29, 0.717) is 0 Å². The van der Waals surface area contributed by atoms with Crippen molar-refractivity contribution >= 4 is 23.2 Å². The maximum atomic E-state index is 5.55. The molecular formula is C5H8Cl2. The summed E-state index contributed by atoms with van der Waals surface area (Å²) in [5, 5.41) is 0.204. The Kier molecular flexibility index (Phi) is 4.68. The molecule has 0 bridgehead atoms. The molecule has 0 aromatic rings. The number of alkyl halides is 1. The quantitative estimate of drug-likeness (QED) is 0.516. The minimum Gasteiger partial charge on any atom is -0.123 e. The molecule has 0 saturated carbocycles. The second kappa shape index (κ2) is 4.48. The summed E-state index contributed by atoms with van der Waals surface area (Å²) >= 11 is 10.8. The topological polar surface area (TPSA) is 0 Å². The van der Waals surface area contributed by atoms with Gasteiger partial charge in [-0.1, -0.05) is 17.7 Å². The van der Waals surface area contributed by atoms with Gasteiger partial charge in [0.05, 0.1) is 0 Å². The second-order valence-corrected chi connectivity index (χ2v) is 2.38. The maximum Gasteiger partial charge on any atom is 0.0342 e. The zero-order chi connectivity index (χ0) is 5.70. The highest BCUT2D eigenvalue weighted by atomic mass is 35.5. The van der Waals surface area contributed by atoms with Gasteiger partial charge in [0.25, 0.3) is 0 Å². The minimum absolute atomic E-state index is 0.204. The monoisotopic (exact) mass is 138 g/mol. The fourth-order valence-corrected chi connectivity index (χ4v) is 0.445. The van der Waals surface area contributed by atoms with Crippen molar-refractivity contribution in [1.82, 2.24) is 0 Å². The van der Waals surface area contributed by atoms with E-state index < -0.39 is 0 Å². The summed E-state index contributed by atoms with van der Waals surface area (Å²) in [6.07, 6.45) is 2.68. The van der Waals surface area contributed by atoms with E-state index in [0.717, 1.165) is 6.42 Å². The Labute approximate surface area is 54.1 Å². The highest BCUT2D eigenvalue weighted by Crippen LogP contribution is 2.00. The van der Waals surface area contributed by atoms with E-state index >= 15 is 0 Å². The Morgan fingerprint density at radius 1 is 1.71 bits per heavy atom. The summed E-state index contributed by atoms with van der Waals surface area (Å²) < 4.78 is 0. The first-order valence-corrected chi connectivity index (χ1v) is 3.04. The van der Waals surface area contributed by atoms with Crippen LogP contribution in [-0.4, -0.2) is 5.38 Å². The molecule has 0 heterocycles. The third-order valence-corrected chi connectivity index (χ3v) is 0.906. The molecule has 0 radical (unpaired) electrons. The van der Waals surface area contributed by atoms with E-state index in [9.17, 15) is 0 Å². The summed E-state index contributed by atoms with van der Waals surface area (Å²) in [7, 11) is 0. The van der Waals surface area contributed by atoms with E-state index in [2.05, 4.69) is 0 Å². The van der Waals surface area contributed by atoms with Gasteiger partial charge in [0.2, 0.25) is 0 Å². The first kappa shape index (κ1) is 7.32. The average molecular weight is 139 g/mol. The van der Waals surface area contributed by atoms with E-state index in [4.69, 9.17) is 23.2 Å². The minimum atomic E-state index is 0.204. The van der Waals surface area contributed by atoms with Crippen molar-refractivity contribution in [3.05, 3.63) is 11.6 Å². The molecule has 0 aromatic carbocycles. The van der Waals surface area contributed by atoms with Crippen LogP contribution in [0.5, 0.6) is 0 Å². The van der Waals surface area contributed by atoms with Crippen molar-refractivity contribution < 1.29 is 0 Å². The molecule has 1 atom stereocenters. The molecule has 0 rings (SSSR count). The van der Waals surface area contributed by atoms with Crippen LogP contribution in [0.2, 0.25) is 0 Å². The molecule has 0 aromatic heterocycles. The van der Waals surface area contributed by atoms with Gasteiger partial charge in [0.1, 0.15) is 0 Å². The first-order valence-electron chi connectivity index (χ1n) is 2.16. The highest BCUT2D eigenvalue weighted by Gasteiger charge is 1.87. The van der Waals surface area contributed by atoms with Gasteiger partial charge in [0.15, 0.2) is 0 Å². The Balaban J connectivity index is 2.97. The van der Waals surface area contributed by atoms with Crippen LogP contribution in [0.1, 0.15) is 13.3 Å². The van der Waals surface area contributed by atoms with Crippen molar-refractivity contribution in [1.29, 1.82) is 0 Å². The third kappa shape index (κ3) is 6.32. The number of halogens is 2. The molecule has 0 aliphatic carbocycles. The predicted octanol–water partition coefficient (Wildman–Crippen LogP) is 2.76. The molecule has 0 spiro atoms. The molecule has 1 unspecified atom stereocenters. The normalized spacial score (nSPS) is 15.3. The molecule has 0 amide bonds. The Hall–Kier alpha value is 0.320. The highest BCUT2D eigenvalue weighted by molar-refractivity contribution is 6.25. The molecule has 2 heteroatoms. The summed E-state index contributed by atoms with van der Waals surface area (Å²) in [5.74, 6) is 0. The average Bonchev–Trinajstić information content (AvgIpc) is 1.61. The molecule has 0 fully saturated rings. The second-order valence-electron chi connectivity index (χ2n) is 1.38. The van der Waals surface area contributed by atoms with Gasteiger partial charge in [-0.05, 0) is 13.3 Å². The third-order valence-electron chi connectivity index (χ3n) is 0.550. The molecular weight excluding hydrogens is 131 g/mol. The van der Waals surface area contributed by atoms with Crippen LogP contribution in [0.15, 0.2) is 11.6 Å². The maximum absolute atomic E-state index is 5.55.